The second-order valence-electron chi connectivity index (χ2n) is 5.37. The lowest BCUT2D eigenvalue weighted by Crippen LogP contribution is -2.32. The number of pyridine rings is 1. The summed E-state index contributed by atoms with van der Waals surface area (Å²) in [5, 5.41) is 19.2. The number of anilines is 1. The van der Waals surface area contributed by atoms with Gasteiger partial charge in [-0.2, -0.15) is 5.26 Å². The number of carbonyl (C=O) groups is 1. The van der Waals surface area contributed by atoms with Crippen LogP contribution in [0.2, 0.25) is 0 Å². The fraction of sp³-hybridized carbons (Fsp3) is 0.312. The number of carboxylic acids is 1. The molecule has 0 atom stereocenters. The number of carboxylic acid groups (broad SMARTS) is 1. The summed E-state index contributed by atoms with van der Waals surface area (Å²) in [7, 11) is 0. The Bertz CT molecular complexity index is 732. The van der Waals surface area contributed by atoms with Crippen LogP contribution in [0.3, 0.4) is 0 Å². The van der Waals surface area contributed by atoms with Crippen molar-refractivity contribution in [2.24, 2.45) is 5.92 Å². The molecule has 2 aromatic rings. The minimum atomic E-state index is -0.885. The molecule has 1 fully saturated rings. The summed E-state index contributed by atoms with van der Waals surface area (Å²) in [5.74, 6) is 0.229. The third kappa shape index (κ3) is 2.95. The summed E-state index contributed by atoms with van der Waals surface area (Å²) in [6.45, 7) is 0.592. The number of hydrogen-bond acceptors (Lipinski definition) is 4. The smallest absolute Gasteiger partial charge is 0.323 e. The van der Waals surface area contributed by atoms with Gasteiger partial charge in [0.15, 0.2) is 0 Å². The SMILES string of the molecule is N#Cc1cc(N(CC(=O)O)CC2CC2)nc2ccccc12. The molecule has 5 heteroatoms. The molecule has 1 aromatic heterocycles. The predicted molar refractivity (Wildman–Crippen MR) is 79.0 cm³/mol. The predicted octanol–water partition coefficient (Wildman–Crippen LogP) is 2.41. The molecule has 1 aliphatic carbocycles. The second kappa shape index (κ2) is 5.41. The molecule has 1 saturated carbocycles. The molecular formula is C16H15N3O2. The maximum absolute atomic E-state index is 11.1. The van der Waals surface area contributed by atoms with Gasteiger partial charge in [-0.3, -0.25) is 4.79 Å². The van der Waals surface area contributed by atoms with Gasteiger partial charge in [-0.1, -0.05) is 18.2 Å². The molecule has 1 heterocycles. The van der Waals surface area contributed by atoms with Crippen molar-refractivity contribution in [1.82, 2.24) is 4.98 Å². The highest BCUT2D eigenvalue weighted by molar-refractivity contribution is 5.87. The first-order chi connectivity index (χ1) is 10.2. The molecule has 1 N–H and O–H groups in total. The van der Waals surface area contributed by atoms with Gasteiger partial charge in [0.05, 0.1) is 17.1 Å². The van der Waals surface area contributed by atoms with Gasteiger partial charge < -0.3 is 10.0 Å². The molecule has 1 aromatic carbocycles. The van der Waals surface area contributed by atoms with Crippen LogP contribution in [0.4, 0.5) is 5.82 Å². The lowest BCUT2D eigenvalue weighted by molar-refractivity contribution is -0.135. The van der Waals surface area contributed by atoms with Crippen molar-refractivity contribution >= 4 is 22.7 Å². The topological polar surface area (TPSA) is 77.2 Å². The van der Waals surface area contributed by atoms with E-state index in [4.69, 9.17) is 5.11 Å². The largest absolute Gasteiger partial charge is 0.480 e. The van der Waals surface area contributed by atoms with Crippen molar-refractivity contribution in [1.29, 1.82) is 5.26 Å². The Hall–Kier alpha value is -2.61. The summed E-state index contributed by atoms with van der Waals surface area (Å²) in [6, 6.07) is 11.3. The van der Waals surface area contributed by atoms with Crippen LogP contribution in [0.25, 0.3) is 10.9 Å². The van der Waals surface area contributed by atoms with Gasteiger partial charge in [-0.25, -0.2) is 4.98 Å². The number of nitriles is 1. The molecular weight excluding hydrogens is 266 g/mol. The minimum Gasteiger partial charge on any atom is -0.480 e. The molecule has 0 amide bonds. The molecule has 0 spiro atoms. The first kappa shape index (κ1) is 13.4. The van der Waals surface area contributed by atoms with E-state index in [1.807, 2.05) is 24.3 Å². The van der Waals surface area contributed by atoms with Gasteiger partial charge in [0.2, 0.25) is 0 Å². The fourth-order valence-corrected chi connectivity index (χ4v) is 2.43. The maximum atomic E-state index is 11.1. The molecule has 21 heavy (non-hydrogen) atoms. The highest BCUT2D eigenvalue weighted by Gasteiger charge is 2.26. The van der Waals surface area contributed by atoms with E-state index < -0.39 is 5.97 Å². The number of benzene rings is 1. The van der Waals surface area contributed by atoms with Crippen molar-refractivity contribution in [3.63, 3.8) is 0 Å². The zero-order chi connectivity index (χ0) is 14.8. The van der Waals surface area contributed by atoms with Crippen molar-refractivity contribution in [2.75, 3.05) is 18.0 Å². The summed E-state index contributed by atoms with van der Waals surface area (Å²) in [4.78, 5) is 17.4. The Morgan fingerprint density at radius 3 is 2.86 bits per heavy atom. The summed E-state index contributed by atoms with van der Waals surface area (Å²) >= 11 is 0. The quantitative estimate of drug-likeness (QED) is 0.910. The van der Waals surface area contributed by atoms with Crippen molar-refractivity contribution in [2.45, 2.75) is 12.8 Å². The van der Waals surface area contributed by atoms with E-state index in [1.54, 1.807) is 11.0 Å². The average Bonchev–Trinajstić information content (AvgIpc) is 3.29. The summed E-state index contributed by atoms with van der Waals surface area (Å²) in [6.07, 6.45) is 2.27. The third-order valence-corrected chi connectivity index (χ3v) is 3.65. The van der Waals surface area contributed by atoms with Crippen LogP contribution in [0.15, 0.2) is 30.3 Å². The molecule has 0 aliphatic heterocycles. The minimum absolute atomic E-state index is 0.0906. The van der Waals surface area contributed by atoms with E-state index in [0.717, 1.165) is 23.7 Å². The highest BCUT2D eigenvalue weighted by Crippen LogP contribution is 2.31. The Morgan fingerprint density at radius 2 is 2.19 bits per heavy atom. The Morgan fingerprint density at radius 1 is 1.43 bits per heavy atom. The molecule has 106 valence electrons. The fourth-order valence-electron chi connectivity index (χ4n) is 2.43. The first-order valence-corrected chi connectivity index (χ1v) is 6.94. The normalized spacial score (nSPS) is 13.9. The number of aromatic nitrogens is 1. The second-order valence-corrected chi connectivity index (χ2v) is 5.37. The van der Waals surface area contributed by atoms with Crippen LogP contribution in [0, 0.1) is 17.2 Å². The van der Waals surface area contributed by atoms with Crippen molar-refractivity contribution in [3.05, 3.63) is 35.9 Å². The number of nitrogens with zero attached hydrogens (tertiary/aromatic N) is 3. The average molecular weight is 281 g/mol. The van der Waals surface area contributed by atoms with Crippen LogP contribution >= 0.6 is 0 Å². The van der Waals surface area contributed by atoms with E-state index in [9.17, 15) is 10.1 Å². The van der Waals surface area contributed by atoms with E-state index in [1.165, 1.54) is 0 Å². The van der Waals surface area contributed by atoms with Crippen LogP contribution < -0.4 is 4.90 Å². The van der Waals surface area contributed by atoms with Gasteiger partial charge in [0, 0.05) is 11.9 Å². The Balaban J connectivity index is 2.03. The van der Waals surface area contributed by atoms with E-state index in [-0.39, 0.29) is 6.54 Å². The lowest BCUT2D eigenvalue weighted by Gasteiger charge is -2.22. The van der Waals surface area contributed by atoms with Crippen LogP contribution in [0.1, 0.15) is 18.4 Å². The number of hydrogen-bond donors (Lipinski definition) is 1. The maximum Gasteiger partial charge on any atom is 0.323 e. The van der Waals surface area contributed by atoms with Gasteiger partial charge in [-0.15, -0.1) is 0 Å². The van der Waals surface area contributed by atoms with Gasteiger partial charge in [0.25, 0.3) is 0 Å². The van der Waals surface area contributed by atoms with Gasteiger partial charge >= 0.3 is 5.97 Å². The molecule has 1 aliphatic rings. The Kier molecular flexibility index (Phi) is 3.44. The standard InChI is InChI=1S/C16H15N3O2/c17-8-12-7-15(18-14-4-2-1-3-13(12)14)19(10-16(20)21)9-11-5-6-11/h1-4,7,11H,5-6,9-10H2,(H,20,21). The molecule has 0 bridgehead atoms. The summed E-state index contributed by atoms with van der Waals surface area (Å²) in [5.41, 5.74) is 1.25. The van der Waals surface area contributed by atoms with Crippen LogP contribution in [-0.4, -0.2) is 29.1 Å². The monoisotopic (exact) mass is 281 g/mol. The first-order valence-electron chi connectivity index (χ1n) is 6.94. The van der Waals surface area contributed by atoms with E-state index in [2.05, 4.69) is 11.1 Å². The number of fused-ring (bicyclic) bond motifs is 1. The summed E-state index contributed by atoms with van der Waals surface area (Å²) < 4.78 is 0. The zero-order valence-electron chi connectivity index (χ0n) is 11.5. The van der Waals surface area contributed by atoms with E-state index in [0.29, 0.717) is 23.8 Å². The molecule has 3 rings (SSSR count). The molecule has 5 nitrogen and oxygen atoms in total. The molecule has 0 radical (unpaired) electrons. The number of rotatable bonds is 5. The zero-order valence-corrected chi connectivity index (χ0v) is 11.5. The third-order valence-electron chi connectivity index (χ3n) is 3.65. The highest BCUT2D eigenvalue weighted by atomic mass is 16.4. The Labute approximate surface area is 122 Å². The van der Waals surface area contributed by atoms with Crippen LogP contribution in [0.5, 0.6) is 0 Å². The molecule has 0 unspecified atom stereocenters. The van der Waals surface area contributed by atoms with Gasteiger partial charge in [0.1, 0.15) is 12.4 Å². The van der Waals surface area contributed by atoms with E-state index >= 15 is 0 Å². The van der Waals surface area contributed by atoms with Gasteiger partial charge in [-0.05, 0) is 30.9 Å². The van der Waals surface area contributed by atoms with Crippen LogP contribution in [-0.2, 0) is 4.79 Å². The number of para-hydroxylation sites is 1. The molecule has 0 saturated heterocycles. The number of aliphatic carboxylic acids is 1. The van der Waals surface area contributed by atoms with Crippen molar-refractivity contribution < 1.29 is 9.90 Å². The van der Waals surface area contributed by atoms with Crippen molar-refractivity contribution in [3.8, 4) is 6.07 Å². The lowest BCUT2D eigenvalue weighted by atomic mass is 10.1.